The van der Waals surface area contributed by atoms with E-state index in [-0.39, 0.29) is 23.2 Å². The first-order chi connectivity index (χ1) is 14.5. The molecular formula is C20H18FN7O2. The number of aromatic nitrogens is 3. The van der Waals surface area contributed by atoms with Crippen LogP contribution in [0.2, 0.25) is 0 Å². The van der Waals surface area contributed by atoms with Gasteiger partial charge in [0.05, 0.1) is 19.7 Å². The maximum absolute atomic E-state index is 14.4. The standard InChI is InChI=1S/C20H18FN7O2/c1-3-26-10-12-14(5-4-13(21)17(12)23-2)27-8-11(9-27)30-20(29)16-18(22)25-28-7-6-15(26)24-19(16)28/h4-7,11H,3,8-10H2,1H3,(H2,22,25). The van der Waals surface area contributed by atoms with Crippen LogP contribution >= 0.6 is 0 Å². The van der Waals surface area contributed by atoms with Gasteiger partial charge in [0.2, 0.25) is 5.69 Å². The second-order valence-corrected chi connectivity index (χ2v) is 7.27. The lowest BCUT2D eigenvalue weighted by atomic mass is 10.0. The van der Waals surface area contributed by atoms with E-state index >= 15 is 0 Å². The number of anilines is 3. The molecule has 4 bridgehead atoms. The maximum Gasteiger partial charge on any atom is 0.346 e. The number of hydrogen-bond acceptors (Lipinski definition) is 7. The number of carbonyl (C=O) groups is 1. The van der Waals surface area contributed by atoms with Crippen molar-refractivity contribution in [3.05, 3.63) is 52.8 Å². The summed E-state index contributed by atoms with van der Waals surface area (Å²) in [4.78, 5) is 24.7. The normalized spacial score (nSPS) is 16.2. The van der Waals surface area contributed by atoms with Crippen LogP contribution in [0.15, 0.2) is 24.4 Å². The predicted octanol–water partition coefficient (Wildman–Crippen LogP) is 2.39. The van der Waals surface area contributed by atoms with Gasteiger partial charge in [-0.1, -0.05) is 0 Å². The van der Waals surface area contributed by atoms with Gasteiger partial charge >= 0.3 is 5.97 Å². The van der Waals surface area contributed by atoms with Crippen LogP contribution in [0.3, 0.4) is 0 Å². The number of nitrogens with two attached hydrogens (primary N) is 1. The number of carbonyl (C=O) groups excluding carboxylic acids is 1. The SMILES string of the molecule is [C-]#[N+]c1c(F)ccc2c1CN(CC)c1ccn3nc(N)c(c3n1)C(=O)OC1CN2C1. The highest BCUT2D eigenvalue weighted by Gasteiger charge is 2.35. The predicted molar refractivity (Wildman–Crippen MR) is 108 cm³/mol. The lowest BCUT2D eigenvalue weighted by Gasteiger charge is -2.41. The van der Waals surface area contributed by atoms with Crippen LogP contribution in [0.1, 0.15) is 22.8 Å². The van der Waals surface area contributed by atoms with E-state index < -0.39 is 11.8 Å². The Morgan fingerprint density at radius 1 is 1.37 bits per heavy atom. The lowest BCUT2D eigenvalue weighted by molar-refractivity contribution is 0.0237. The monoisotopic (exact) mass is 407 g/mol. The summed E-state index contributed by atoms with van der Waals surface area (Å²) < 4.78 is 21.5. The average molecular weight is 407 g/mol. The van der Waals surface area contributed by atoms with Crippen LogP contribution < -0.4 is 15.5 Å². The van der Waals surface area contributed by atoms with Gasteiger partial charge < -0.3 is 20.3 Å². The van der Waals surface area contributed by atoms with Crippen LogP contribution in [0.4, 0.5) is 27.4 Å². The van der Waals surface area contributed by atoms with Gasteiger partial charge in [0.1, 0.15) is 23.3 Å². The third-order valence-electron chi connectivity index (χ3n) is 5.54. The van der Waals surface area contributed by atoms with E-state index in [0.29, 0.717) is 43.2 Å². The van der Waals surface area contributed by atoms with Gasteiger partial charge in [-0.25, -0.2) is 23.5 Å². The molecule has 9 nitrogen and oxygen atoms in total. The first-order valence-electron chi connectivity index (χ1n) is 9.54. The summed E-state index contributed by atoms with van der Waals surface area (Å²) in [6.07, 6.45) is 1.33. The fourth-order valence-corrected chi connectivity index (χ4v) is 3.94. The molecular weight excluding hydrogens is 389 g/mol. The number of rotatable bonds is 1. The number of benzene rings is 1. The van der Waals surface area contributed by atoms with Crippen molar-refractivity contribution in [3.8, 4) is 0 Å². The number of hydrogen-bond donors (Lipinski definition) is 1. The molecule has 0 amide bonds. The topological polar surface area (TPSA) is 93.3 Å². The third-order valence-corrected chi connectivity index (χ3v) is 5.54. The molecule has 1 fully saturated rings. The molecule has 3 aliphatic heterocycles. The highest BCUT2D eigenvalue weighted by atomic mass is 19.1. The van der Waals surface area contributed by atoms with E-state index in [4.69, 9.17) is 17.0 Å². The Balaban J connectivity index is 1.71. The van der Waals surface area contributed by atoms with Gasteiger partial charge in [-0.2, -0.15) is 0 Å². The quantitative estimate of drug-likeness (QED) is 0.489. The Labute approximate surface area is 171 Å². The van der Waals surface area contributed by atoms with E-state index in [1.54, 1.807) is 18.3 Å². The smallest absolute Gasteiger partial charge is 0.346 e. The molecule has 1 aromatic carbocycles. The van der Waals surface area contributed by atoms with Crippen LogP contribution in [-0.4, -0.2) is 46.3 Å². The summed E-state index contributed by atoms with van der Waals surface area (Å²) in [5, 5.41) is 4.15. The summed E-state index contributed by atoms with van der Waals surface area (Å²) in [6.45, 7) is 11.2. The largest absolute Gasteiger partial charge is 0.455 e. The number of ether oxygens (including phenoxy) is 1. The zero-order chi connectivity index (χ0) is 21.0. The molecule has 0 unspecified atom stereocenters. The lowest BCUT2D eigenvalue weighted by Crippen LogP contribution is -2.53. The Morgan fingerprint density at radius 2 is 2.17 bits per heavy atom. The summed E-state index contributed by atoms with van der Waals surface area (Å²) in [7, 11) is 0. The molecule has 2 N–H and O–H groups in total. The number of halogens is 1. The van der Waals surface area contributed by atoms with E-state index in [1.807, 2.05) is 16.7 Å². The van der Waals surface area contributed by atoms with Crippen LogP contribution in [0, 0.1) is 12.4 Å². The second-order valence-electron chi connectivity index (χ2n) is 7.27. The van der Waals surface area contributed by atoms with Crippen molar-refractivity contribution in [1.82, 2.24) is 14.6 Å². The molecule has 5 heterocycles. The second kappa shape index (κ2) is 6.59. The molecule has 0 saturated carbocycles. The Kier molecular flexibility index (Phi) is 3.99. The number of nitrogens with zero attached hydrogens (tertiary/aromatic N) is 6. The van der Waals surface area contributed by atoms with Crippen LogP contribution in [0.25, 0.3) is 10.5 Å². The minimum Gasteiger partial charge on any atom is -0.455 e. The molecule has 6 rings (SSSR count). The van der Waals surface area contributed by atoms with Crippen molar-refractivity contribution < 1.29 is 13.9 Å². The average Bonchev–Trinajstić information content (AvgIpc) is 3.03. The molecule has 3 aliphatic rings. The van der Waals surface area contributed by atoms with Gasteiger partial charge in [0.25, 0.3) is 0 Å². The van der Waals surface area contributed by atoms with E-state index in [2.05, 4.69) is 14.9 Å². The van der Waals surface area contributed by atoms with Crippen LogP contribution in [-0.2, 0) is 11.3 Å². The first kappa shape index (κ1) is 18.2. The zero-order valence-electron chi connectivity index (χ0n) is 16.2. The summed E-state index contributed by atoms with van der Waals surface area (Å²) in [6, 6.07) is 4.73. The van der Waals surface area contributed by atoms with Gasteiger partial charge in [-0.15, -0.1) is 5.10 Å². The van der Waals surface area contributed by atoms with Crippen molar-refractivity contribution in [2.24, 2.45) is 0 Å². The summed E-state index contributed by atoms with van der Waals surface area (Å²) in [5.74, 6) is -0.506. The van der Waals surface area contributed by atoms with E-state index in [1.165, 1.54) is 10.6 Å². The molecule has 0 spiro atoms. The van der Waals surface area contributed by atoms with Gasteiger partial charge in [0, 0.05) is 30.5 Å². The molecule has 10 heteroatoms. The third kappa shape index (κ3) is 2.62. The zero-order valence-corrected chi connectivity index (χ0v) is 16.2. The fourth-order valence-electron chi connectivity index (χ4n) is 3.94. The highest BCUT2D eigenvalue weighted by Crippen LogP contribution is 2.37. The minimum absolute atomic E-state index is 0.00312. The van der Waals surface area contributed by atoms with E-state index in [0.717, 1.165) is 5.69 Å². The fraction of sp³-hybridized carbons (Fsp3) is 0.300. The van der Waals surface area contributed by atoms with Crippen molar-refractivity contribution in [1.29, 1.82) is 0 Å². The first-order valence-corrected chi connectivity index (χ1v) is 9.54. The molecule has 3 aromatic rings. The van der Waals surface area contributed by atoms with Crippen molar-refractivity contribution in [2.45, 2.75) is 19.6 Å². The molecule has 1 saturated heterocycles. The molecule has 0 atom stereocenters. The Morgan fingerprint density at radius 3 is 2.90 bits per heavy atom. The molecule has 0 aliphatic carbocycles. The molecule has 2 aromatic heterocycles. The maximum atomic E-state index is 14.4. The number of nitrogen functional groups attached to an aromatic ring is 1. The molecule has 30 heavy (non-hydrogen) atoms. The molecule has 0 radical (unpaired) electrons. The Hall–Kier alpha value is -3.87. The summed E-state index contributed by atoms with van der Waals surface area (Å²) >= 11 is 0. The van der Waals surface area contributed by atoms with Crippen molar-refractivity contribution >= 4 is 34.6 Å². The highest BCUT2D eigenvalue weighted by molar-refractivity contribution is 6.01. The van der Waals surface area contributed by atoms with E-state index in [9.17, 15) is 9.18 Å². The van der Waals surface area contributed by atoms with Gasteiger partial charge in [-0.05, 0) is 25.1 Å². The van der Waals surface area contributed by atoms with Crippen molar-refractivity contribution in [3.63, 3.8) is 0 Å². The molecule has 152 valence electrons. The number of esters is 1. The van der Waals surface area contributed by atoms with Gasteiger partial charge in [-0.3, -0.25) is 0 Å². The van der Waals surface area contributed by atoms with Crippen LogP contribution in [0.5, 0.6) is 0 Å². The Bertz CT molecular complexity index is 1230. The number of fused-ring (bicyclic) bond motifs is 2. The minimum atomic E-state index is -0.569. The summed E-state index contributed by atoms with van der Waals surface area (Å²) in [5.41, 5.74) is 7.75. The van der Waals surface area contributed by atoms with Crippen molar-refractivity contribution in [2.75, 3.05) is 35.2 Å². The van der Waals surface area contributed by atoms with Gasteiger partial charge in [0.15, 0.2) is 11.5 Å².